The van der Waals surface area contributed by atoms with Gasteiger partial charge in [-0.15, -0.1) is 5.12 Å². The molecule has 0 amide bonds. The number of rotatable bonds is 14. The van der Waals surface area contributed by atoms with Gasteiger partial charge in [0.05, 0.1) is 12.3 Å². The van der Waals surface area contributed by atoms with E-state index in [2.05, 4.69) is 59.4 Å². The van der Waals surface area contributed by atoms with Crippen LogP contribution in [-0.2, 0) is 15.3 Å². The first-order valence-corrected chi connectivity index (χ1v) is 16.7. The highest BCUT2D eigenvalue weighted by atomic mass is 16.8. The molecule has 48 heavy (non-hydrogen) atoms. The first-order chi connectivity index (χ1) is 23.2. The van der Waals surface area contributed by atoms with Crippen molar-refractivity contribution in [3.63, 3.8) is 0 Å². The Morgan fingerprint density at radius 3 is 2.27 bits per heavy atom. The van der Waals surface area contributed by atoms with Crippen molar-refractivity contribution >= 4 is 17.1 Å². The largest absolute Gasteiger partial charge is 0.491 e. The summed E-state index contributed by atoms with van der Waals surface area (Å²) in [6, 6.07) is 24.7. The fourth-order valence-corrected chi connectivity index (χ4v) is 6.04. The average Bonchev–Trinajstić information content (AvgIpc) is 3.54. The number of anilines is 3. The Morgan fingerprint density at radius 2 is 1.69 bits per heavy atom. The quantitative estimate of drug-likeness (QED) is 0.138. The van der Waals surface area contributed by atoms with Gasteiger partial charge in [0, 0.05) is 62.6 Å². The number of aryl methyl sites for hydroxylation is 1. The van der Waals surface area contributed by atoms with Crippen LogP contribution in [0.1, 0.15) is 37.8 Å². The Bertz CT molecular complexity index is 1510. The third-order valence-corrected chi connectivity index (χ3v) is 8.95. The third-order valence-electron chi connectivity index (χ3n) is 8.95. The van der Waals surface area contributed by atoms with Crippen molar-refractivity contribution in [1.82, 2.24) is 10.5 Å². The minimum atomic E-state index is -0.973. The average molecular weight is 658 g/mol. The van der Waals surface area contributed by atoms with E-state index < -0.39 is 5.79 Å². The SMILES string of the molecule is CCC(C)NN(C)N(O)c1ccc(N2CCN(c3ccc(OC[C@@H]4CO[C@](CC(/C=C\N)=C/N)(c5cccc(C)c5)O4)cc3)CC2)cc1. The van der Waals surface area contributed by atoms with Crippen molar-refractivity contribution in [2.75, 3.05) is 61.4 Å². The van der Waals surface area contributed by atoms with Crippen LogP contribution >= 0.6 is 0 Å². The van der Waals surface area contributed by atoms with Gasteiger partial charge in [0.2, 0.25) is 0 Å². The molecule has 2 aliphatic rings. The number of allylic oxidation sites excluding steroid dienone is 1. The van der Waals surface area contributed by atoms with E-state index in [9.17, 15) is 5.21 Å². The lowest BCUT2D eigenvalue weighted by atomic mass is 9.96. The molecule has 258 valence electrons. The summed E-state index contributed by atoms with van der Waals surface area (Å²) in [5.41, 5.74) is 20.7. The van der Waals surface area contributed by atoms with E-state index in [1.807, 2.05) is 49.4 Å². The minimum Gasteiger partial charge on any atom is -0.491 e. The van der Waals surface area contributed by atoms with Crippen molar-refractivity contribution in [3.8, 4) is 5.75 Å². The summed E-state index contributed by atoms with van der Waals surface area (Å²) in [5.74, 6) is -0.190. The van der Waals surface area contributed by atoms with Crippen LogP contribution in [0.4, 0.5) is 17.1 Å². The molecule has 0 radical (unpaired) electrons. The molecule has 11 heteroatoms. The van der Waals surface area contributed by atoms with E-state index in [4.69, 9.17) is 25.7 Å². The molecule has 11 nitrogen and oxygen atoms in total. The van der Waals surface area contributed by atoms with Crippen LogP contribution in [-0.4, -0.2) is 68.9 Å². The Morgan fingerprint density at radius 1 is 1.04 bits per heavy atom. The molecular formula is C37H51N7O4. The van der Waals surface area contributed by atoms with Gasteiger partial charge in [-0.1, -0.05) is 36.8 Å². The van der Waals surface area contributed by atoms with E-state index in [1.54, 1.807) is 18.2 Å². The summed E-state index contributed by atoms with van der Waals surface area (Å²) in [5, 5.41) is 13.3. The number of nitrogens with two attached hydrogens (primary N) is 2. The Balaban J connectivity index is 1.12. The highest BCUT2D eigenvalue weighted by Crippen LogP contribution is 2.40. The summed E-state index contributed by atoms with van der Waals surface area (Å²) < 4.78 is 19.1. The maximum Gasteiger partial charge on any atom is 0.199 e. The normalized spacial score (nSPS) is 20.9. The molecule has 2 heterocycles. The van der Waals surface area contributed by atoms with Gasteiger partial charge in [-0.3, -0.25) is 5.21 Å². The number of benzene rings is 3. The first-order valence-electron chi connectivity index (χ1n) is 16.7. The van der Waals surface area contributed by atoms with Crippen LogP contribution in [0.25, 0.3) is 0 Å². The van der Waals surface area contributed by atoms with Crippen LogP contribution in [0.15, 0.2) is 96.8 Å². The number of nitrogens with one attached hydrogen (secondary N) is 1. The molecule has 0 aliphatic carbocycles. The molecule has 6 N–H and O–H groups in total. The van der Waals surface area contributed by atoms with Gasteiger partial charge in [0.25, 0.3) is 0 Å². The van der Waals surface area contributed by atoms with Crippen LogP contribution in [0.3, 0.4) is 0 Å². The molecule has 5 rings (SSSR count). The fraction of sp³-hybridized carbons (Fsp3) is 0.405. The number of hydrogen-bond donors (Lipinski definition) is 4. The second kappa shape index (κ2) is 16.2. The van der Waals surface area contributed by atoms with Gasteiger partial charge in [-0.25, -0.2) is 5.43 Å². The summed E-state index contributed by atoms with van der Waals surface area (Å²) in [7, 11) is 1.80. The summed E-state index contributed by atoms with van der Waals surface area (Å²) in [6.45, 7) is 10.6. The molecule has 0 aromatic heterocycles. The predicted molar refractivity (Wildman–Crippen MR) is 192 cm³/mol. The molecule has 0 spiro atoms. The minimum absolute atomic E-state index is 0.254. The van der Waals surface area contributed by atoms with Gasteiger partial charge >= 0.3 is 0 Å². The molecular weight excluding hydrogens is 606 g/mol. The third kappa shape index (κ3) is 8.60. The molecule has 1 unspecified atom stereocenters. The summed E-state index contributed by atoms with van der Waals surface area (Å²) >= 11 is 0. The maximum atomic E-state index is 10.6. The number of piperazine rings is 1. The number of ether oxygens (including phenoxy) is 3. The Labute approximate surface area is 284 Å². The van der Waals surface area contributed by atoms with Crippen molar-refractivity contribution in [2.45, 2.75) is 51.5 Å². The second-order valence-corrected chi connectivity index (χ2v) is 12.5. The zero-order valence-corrected chi connectivity index (χ0v) is 28.6. The van der Waals surface area contributed by atoms with Crippen molar-refractivity contribution in [1.29, 1.82) is 0 Å². The van der Waals surface area contributed by atoms with E-state index >= 15 is 0 Å². The predicted octanol–water partition coefficient (Wildman–Crippen LogP) is 5.02. The topological polar surface area (TPSA) is 125 Å². The molecule has 0 saturated carbocycles. The lowest BCUT2D eigenvalue weighted by Crippen LogP contribution is -2.50. The van der Waals surface area contributed by atoms with Gasteiger partial charge in [0.1, 0.15) is 18.5 Å². The smallest absolute Gasteiger partial charge is 0.199 e. The Hall–Kier alpha value is -4.26. The fourth-order valence-electron chi connectivity index (χ4n) is 6.04. The van der Waals surface area contributed by atoms with Crippen LogP contribution in [0.5, 0.6) is 5.75 Å². The highest BCUT2D eigenvalue weighted by molar-refractivity contribution is 5.57. The van der Waals surface area contributed by atoms with E-state index in [-0.39, 0.29) is 12.1 Å². The maximum absolute atomic E-state index is 10.6. The zero-order valence-electron chi connectivity index (χ0n) is 28.6. The van der Waals surface area contributed by atoms with Crippen molar-refractivity contribution < 1.29 is 19.4 Å². The van der Waals surface area contributed by atoms with Crippen molar-refractivity contribution in [2.24, 2.45) is 11.5 Å². The molecule has 2 saturated heterocycles. The van der Waals surface area contributed by atoms with Crippen molar-refractivity contribution in [3.05, 3.63) is 108 Å². The van der Waals surface area contributed by atoms with Crippen LogP contribution in [0.2, 0.25) is 0 Å². The number of hydrazine groups is 2. The lowest BCUT2D eigenvalue weighted by molar-refractivity contribution is -0.178. The standard InChI is InChI=1S/C37H51N7O4/c1-5-29(3)40-41(4)44(45)34-11-9-32(10-12-34)42-19-21-43(22-20-42)33-13-15-35(16-14-33)46-26-36-27-47-37(48-36,24-30(25-39)17-18-38)31-8-6-7-28(2)23-31/h6-18,23,25,29,36,40,45H,5,19-22,24,26-27,38-39H2,1-4H3/b18-17-,30-25+/t29?,36-,37+/m1/s1. The monoisotopic (exact) mass is 657 g/mol. The van der Waals surface area contributed by atoms with Gasteiger partial charge in [-0.05, 0) is 92.8 Å². The van der Waals surface area contributed by atoms with Crippen LogP contribution in [0, 0.1) is 6.92 Å². The molecule has 0 bridgehead atoms. The second-order valence-electron chi connectivity index (χ2n) is 12.5. The Kier molecular flexibility index (Phi) is 11.9. The van der Waals surface area contributed by atoms with Crippen LogP contribution < -0.4 is 36.6 Å². The number of hydrogen-bond acceptors (Lipinski definition) is 11. The molecule has 3 aromatic rings. The zero-order chi connectivity index (χ0) is 34.1. The lowest BCUT2D eigenvalue weighted by Gasteiger charge is -2.37. The summed E-state index contributed by atoms with van der Waals surface area (Å²) in [4.78, 5) is 4.77. The van der Waals surface area contributed by atoms with E-state index in [0.29, 0.717) is 25.3 Å². The van der Waals surface area contributed by atoms with E-state index in [0.717, 1.165) is 71.6 Å². The molecule has 3 atom stereocenters. The number of nitrogens with zero attached hydrogens (tertiary/aromatic N) is 4. The van der Waals surface area contributed by atoms with E-state index in [1.165, 1.54) is 12.4 Å². The molecule has 3 aromatic carbocycles. The molecule has 2 fully saturated rings. The first kappa shape index (κ1) is 35.1. The van der Waals surface area contributed by atoms with Gasteiger partial charge in [0.15, 0.2) is 5.79 Å². The van der Waals surface area contributed by atoms with Gasteiger partial charge in [-0.2, -0.15) is 5.17 Å². The summed E-state index contributed by atoms with van der Waals surface area (Å²) in [6.07, 6.45) is 5.92. The van der Waals surface area contributed by atoms with Gasteiger partial charge < -0.3 is 35.5 Å². The molecule has 2 aliphatic heterocycles. The highest BCUT2D eigenvalue weighted by Gasteiger charge is 2.44.